The van der Waals surface area contributed by atoms with Crippen molar-refractivity contribution in [1.82, 2.24) is 9.88 Å². The highest BCUT2D eigenvalue weighted by Crippen LogP contribution is 2.23. The van der Waals surface area contributed by atoms with Crippen LogP contribution in [-0.4, -0.2) is 28.4 Å². The molecule has 0 atom stereocenters. The van der Waals surface area contributed by atoms with Gasteiger partial charge in [0.05, 0.1) is 0 Å². The summed E-state index contributed by atoms with van der Waals surface area (Å²) in [5.74, 6) is -0.0913. The van der Waals surface area contributed by atoms with E-state index in [2.05, 4.69) is 4.98 Å². The predicted molar refractivity (Wildman–Crippen MR) is 86.5 cm³/mol. The minimum Gasteiger partial charge on any atom is -0.336 e. The van der Waals surface area contributed by atoms with E-state index in [4.69, 9.17) is 11.6 Å². The molecule has 0 unspecified atom stereocenters. The molecular weight excluding hydrogens is 284 g/mol. The third-order valence-corrected chi connectivity index (χ3v) is 3.68. The predicted octanol–water partition coefficient (Wildman–Crippen LogP) is 4.27. The maximum Gasteiger partial charge on any atom is 0.272 e. The Morgan fingerprint density at radius 2 is 1.81 bits per heavy atom. The molecule has 1 amide bonds. The van der Waals surface area contributed by atoms with Gasteiger partial charge in [-0.25, -0.2) is 0 Å². The molecule has 1 heterocycles. The number of pyridine rings is 1. The van der Waals surface area contributed by atoms with Crippen molar-refractivity contribution in [3.05, 3.63) is 53.3 Å². The zero-order valence-corrected chi connectivity index (χ0v) is 13.5. The summed E-state index contributed by atoms with van der Waals surface area (Å²) < 4.78 is 0. The van der Waals surface area contributed by atoms with Gasteiger partial charge in [0.25, 0.3) is 5.91 Å². The topological polar surface area (TPSA) is 33.2 Å². The van der Waals surface area contributed by atoms with Gasteiger partial charge in [-0.05, 0) is 56.2 Å². The first kappa shape index (κ1) is 15.5. The van der Waals surface area contributed by atoms with E-state index >= 15 is 0 Å². The Bertz CT molecular complexity index is 662. The van der Waals surface area contributed by atoms with E-state index in [1.165, 1.54) is 0 Å². The monoisotopic (exact) mass is 302 g/mol. The van der Waals surface area contributed by atoms with Crippen molar-refractivity contribution >= 4 is 17.5 Å². The first-order valence-electron chi connectivity index (χ1n) is 6.79. The molecule has 4 heteroatoms. The number of aromatic nitrogens is 1. The summed E-state index contributed by atoms with van der Waals surface area (Å²) in [6.45, 7) is 5.98. The van der Waals surface area contributed by atoms with Crippen molar-refractivity contribution in [1.29, 1.82) is 0 Å². The Kier molecular flexibility index (Phi) is 4.33. The van der Waals surface area contributed by atoms with Gasteiger partial charge in [0, 0.05) is 23.8 Å². The van der Waals surface area contributed by atoms with Crippen molar-refractivity contribution < 1.29 is 4.79 Å². The Hall–Kier alpha value is -1.87. The molecule has 0 aliphatic rings. The fourth-order valence-electron chi connectivity index (χ4n) is 1.87. The molecule has 1 aromatic carbocycles. The van der Waals surface area contributed by atoms with Gasteiger partial charge in [0.1, 0.15) is 5.69 Å². The number of rotatable bonds is 2. The average molecular weight is 303 g/mol. The van der Waals surface area contributed by atoms with Crippen LogP contribution in [-0.2, 0) is 0 Å². The minimum absolute atomic E-state index is 0.0913. The van der Waals surface area contributed by atoms with Crippen LogP contribution in [0.25, 0.3) is 11.1 Å². The second kappa shape index (κ2) is 5.86. The smallest absolute Gasteiger partial charge is 0.272 e. The van der Waals surface area contributed by atoms with Crippen molar-refractivity contribution in [3.8, 4) is 11.1 Å². The highest BCUT2D eigenvalue weighted by Gasteiger charge is 2.24. The number of halogens is 1. The van der Waals surface area contributed by atoms with Crippen LogP contribution < -0.4 is 0 Å². The molecule has 0 fully saturated rings. The summed E-state index contributed by atoms with van der Waals surface area (Å²) in [4.78, 5) is 18.4. The molecule has 110 valence electrons. The molecule has 0 spiro atoms. The quantitative estimate of drug-likeness (QED) is 0.830. The van der Waals surface area contributed by atoms with Crippen molar-refractivity contribution in [2.45, 2.75) is 26.3 Å². The standard InChI is InChI=1S/C17H19ClN2O/c1-17(2,3)20(4)16(21)15-11-13(8-9-19-15)12-6-5-7-14(18)10-12/h5-11H,1-4H3. The molecule has 0 aliphatic heterocycles. The number of benzene rings is 1. The second-order valence-electron chi connectivity index (χ2n) is 5.98. The summed E-state index contributed by atoms with van der Waals surface area (Å²) in [6, 6.07) is 11.2. The lowest BCUT2D eigenvalue weighted by molar-refractivity contribution is 0.0649. The molecule has 3 nitrogen and oxygen atoms in total. The molecule has 0 saturated carbocycles. The van der Waals surface area contributed by atoms with E-state index in [9.17, 15) is 4.79 Å². The maximum absolute atomic E-state index is 12.5. The summed E-state index contributed by atoms with van der Waals surface area (Å²) in [5, 5.41) is 0.670. The number of carbonyl (C=O) groups is 1. The first-order chi connectivity index (χ1) is 9.79. The number of hydrogen-bond donors (Lipinski definition) is 0. The van der Waals surface area contributed by atoms with E-state index in [-0.39, 0.29) is 11.4 Å². The fourth-order valence-corrected chi connectivity index (χ4v) is 2.06. The first-order valence-corrected chi connectivity index (χ1v) is 7.17. The minimum atomic E-state index is -0.245. The SMILES string of the molecule is CN(C(=O)c1cc(-c2cccc(Cl)c2)ccn1)C(C)(C)C. The average Bonchev–Trinajstić information content (AvgIpc) is 2.45. The molecule has 2 rings (SSSR count). The summed E-state index contributed by atoms with van der Waals surface area (Å²) >= 11 is 6.02. The Balaban J connectivity index is 2.36. The van der Waals surface area contributed by atoms with Crippen molar-refractivity contribution in [2.24, 2.45) is 0 Å². The van der Waals surface area contributed by atoms with Gasteiger partial charge in [0.15, 0.2) is 0 Å². The highest BCUT2D eigenvalue weighted by molar-refractivity contribution is 6.30. The third kappa shape index (κ3) is 3.61. The van der Waals surface area contributed by atoms with Crippen LogP contribution in [0.1, 0.15) is 31.3 Å². The third-order valence-electron chi connectivity index (χ3n) is 3.45. The lowest BCUT2D eigenvalue weighted by Gasteiger charge is -2.31. The van der Waals surface area contributed by atoms with Gasteiger partial charge in [-0.15, -0.1) is 0 Å². The molecule has 0 bridgehead atoms. The maximum atomic E-state index is 12.5. The van der Waals surface area contributed by atoms with Crippen LogP contribution in [0.15, 0.2) is 42.6 Å². The molecule has 0 radical (unpaired) electrons. The van der Waals surface area contributed by atoms with Crippen LogP contribution >= 0.6 is 11.6 Å². The largest absolute Gasteiger partial charge is 0.336 e. The zero-order chi connectivity index (χ0) is 15.6. The van der Waals surface area contributed by atoms with Crippen LogP contribution in [0.5, 0.6) is 0 Å². The molecule has 21 heavy (non-hydrogen) atoms. The van der Waals surface area contributed by atoms with E-state index in [1.54, 1.807) is 24.2 Å². The molecule has 0 aliphatic carbocycles. The Morgan fingerprint density at radius 3 is 2.43 bits per heavy atom. The van der Waals surface area contributed by atoms with Crippen molar-refractivity contribution in [3.63, 3.8) is 0 Å². The lowest BCUT2D eigenvalue weighted by atomic mass is 10.0. The molecule has 1 aromatic heterocycles. The van der Waals surface area contributed by atoms with Gasteiger partial charge >= 0.3 is 0 Å². The van der Waals surface area contributed by atoms with Gasteiger partial charge in [-0.1, -0.05) is 23.7 Å². The summed E-state index contributed by atoms with van der Waals surface area (Å²) in [6.07, 6.45) is 1.65. The molecule has 2 aromatic rings. The zero-order valence-electron chi connectivity index (χ0n) is 12.7. The number of carbonyl (C=O) groups excluding carboxylic acids is 1. The van der Waals surface area contributed by atoms with E-state index in [0.29, 0.717) is 10.7 Å². The molecule has 0 saturated heterocycles. The summed E-state index contributed by atoms with van der Waals surface area (Å²) in [7, 11) is 1.79. The van der Waals surface area contributed by atoms with E-state index in [0.717, 1.165) is 11.1 Å². The normalized spacial score (nSPS) is 11.3. The highest BCUT2D eigenvalue weighted by atomic mass is 35.5. The number of amides is 1. The van der Waals surface area contributed by atoms with Gasteiger partial charge < -0.3 is 4.90 Å². The number of hydrogen-bond acceptors (Lipinski definition) is 2. The van der Waals surface area contributed by atoms with Crippen LogP contribution in [0.3, 0.4) is 0 Å². The second-order valence-corrected chi connectivity index (χ2v) is 6.41. The van der Waals surface area contributed by atoms with Crippen molar-refractivity contribution in [2.75, 3.05) is 7.05 Å². The van der Waals surface area contributed by atoms with E-state index < -0.39 is 0 Å². The molecular formula is C17H19ClN2O. The fraction of sp³-hybridized carbons (Fsp3) is 0.294. The lowest BCUT2D eigenvalue weighted by Crippen LogP contribution is -2.42. The van der Waals surface area contributed by atoms with Gasteiger partial charge in [0.2, 0.25) is 0 Å². The van der Waals surface area contributed by atoms with Gasteiger partial charge in [-0.3, -0.25) is 9.78 Å². The van der Waals surface area contributed by atoms with Crippen LogP contribution in [0.4, 0.5) is 0 Å². The number of nitrogens with zero attached hydrogens (tertiary/aromatic N) is 2. The van der Waals surface area contributed by atoms with Crippen LogP contribution in [0.2, 0.25) is 5.02 Å². The van der Waals surface area contributed by atoms with Crippen LogP contribution in [0, 0.1) is 0 Å². The van der Waals surface area contributed by atoms with Gasteiger partial charge in [-0.2, -0.15) is 0 Å². The van der Waals surface area contributed by atoms with E-state index in [1.807, 2.05) is 51.1 Å². The summed E-state index contributed by atoms with van der Waals surface area (Å²) in [5.41, 5.74) is 2.09. The Morgan fingerprint density at radius 1 is 1.14 bits per heavy atom. The Labute approximate surface area is 130 Å². The molecule has 0 N–H and O–H groups in total.